The number of carbonyl (C=O) groups excluding carboxylic acids is 1. The van der Waals surface area contributed by atoms with E-state index in [4.69, 9.17) is 0 Å². The van der Waals surface area contributed by atoms with E-state index in [-0.39, 0.29) is 11.9 Å². The minimum absolute atomic E-state index is 0.0267. The summed E-state index contributed by atoms with van der Waals surface area (Å²) in [5.74, 6) is -0.0267. The van der Waals surface area contributed by atoms with Crippen molar-refractivity contribution in [3.05, 3.63) is 41.2 Å². The molecule has 0 bridgehead atoms. The number of rotatable bonds is 6. The summed E-state index contributed by atoms with van der Waals surface area (Å²) in [6, 6.07) is 5.79. The Hall–Kier alpha value is -2.37. The number of amides is 1. The van der Waals surface area contributed by atoms with Crippen molar-refractivity contribution in [3.63, 3.8) is 0 Å². The van der Waals surface area contributed by atoms with E-state index >= 15 is 0 Å². The third-order valence-electron chi connectivity index (χ3n) is 3.38. The van der Waals surface area contributed by atoms with Crippen LogP contribution in [-0.2, 0) is 11.2 Å². The minimum atomic E-state index is -0.290. The van der Waals surface area contributed by atoms with Crippen molar-refractivity contribution < 1.29 is 4.79 Å². The second-order valence-electron chi connectivity index (χ2n) is 5.14. The van der Waals surface area contributed by atoms with Crippen LogP contribution in [0.4, 0.5) is 5.69 Å². The molecule has 112 valence electrons. The Kier molecular flexibility index (Phi) is 4.92. The van der Waals surface area contributed by atoms with Gasteiger partial charge < -0.3 is 10.6 Å². The Bertz CT molecular complexity index is 574. The fourth-order valence-electron chi connectivity index (χ4n) is 2.14. The van der Waals surface area contributed by atoms with E-state index in [1.54, 1.807) is 6.20 Å². The summed E-state index contributed by atoms with van der Waals surface area (Å²) < 4.78 is 0. The largest absolute Gasteiger partial charge is 0.373 e. The Morgan fingerprint density at radius 3 is 2.67 bits per heavy atom. The number of nitrogens with one attached hydrogen (secondary N) is 3. The number of aryl methyl sites for hydroxylation is 2. The zero-order valence-electron chi connectivity index (χ0n) is 12.6. The molecule has 6 nitrogen and oxygen atoms in total. The van der Waals surface area contributed by atoms with Crippen molar-refractivity contribution in [3.8, 4) is 0 Å². The van der Waals surface area contributed by atoms with E-state index < -0.39 is 0 Å². The zero-order chi connectivity index (χ0) is 15.2. The lowest BCUT2D eigenvalue weighted by molar-refractivity contribution is -0.121. The van der Waals surface area contributed by atoms with E-state index in [0.717, 1.165) is 22.5 Å². The normalized spacial score (nSPS) is 12.0. The van der Waals surface area contributed by atoms with Crippen molar-refractivity contribution in [2.45, 2.75) is 33.2 Å². The van der Waals surface area contributed by atoms with Crippen molar-refractivity contribution in [1.29, 1.82) is 0 Å². The van der Waals surface area contributed by atoms with Gasteiger partial charge in [-0.25, -0.2) is 0 Å². The van der Waals surface area contributed by atoms with Gasteiger partial charge in [0.15, 0.2) is 0 Å². The third-order valence-corrected chi connectivity index (χ3v) is 3.38. The van der Waals surface area contributed by atoms with Gasteiger partial charge in [-0.05, 0) is 31.9 Å². The first-order valence-electron chi connectivity index (χ1n) is 7.03. The first-order valence-corrected chi connectivity index (χ1v) is 7.03. The average Bonchev–Trinajstić information content (AvgIpc) is 2.96. The van der Waals surface area contributed by atoms with Crippen LogP contribution >= 0.6 is 0 Å². The van der Waals surface area contributed by atoms with E-state index in [9.17, 15) is 4.79 Å². The average molecular weight is 287 g/mol. The molecule has 0 saturated carbocycles. The maximum absolute atomic E-state index is 12.1. The number of carbonyl (C=O) groups is 1. The quantitative estimate of drug-likeness (QED) is 0.753. The van der Waals surface area contributed by atoms with Crippen LogP contribution in [0.1, 0.15) is 23.7 Å². The minimum Gasteiger partial charge on any atom is -0.373 e. The summed E-state index contributed by atoms with van der Waals surface area (Å²) in [6.07, 6.45) is 2.32. The van der Waals surface area contributed by atoms with Crippen molar-refractivity contribution >= 4 is 11.6 Å². The monoisotopic (exact) mass is 287 g/mol. The number of para-hydroxylation sites is 1. The van der Waals surface area contributed by atoms with E-state index in [0.29, 0.717) is 13.0 Å². The van der Waals surface area contributed by atoms with Crippen molar-refractivity contribution in [2.75, 3.05) is 11.9 Å². The van der Waals surface area contributed by atoms with Crippen LogP contribution in [0.15, 0.2) is 24.4 Å². The molecule has 6 heteroatoms. The third kappa shape index (κ3) is 4.05. The molecule has 1 heterocycles. The van der Waals surface area contributed by atoms with Crippen LogP contribution in [0, 0.1) is 13.8 Å². The molecule has 2 aromatic rings. The van der Waals surface area contributed by atoms with Gasteiger partial charge in [0.25, 0.3) is 0 Å². The van der Waals surface area contributed by atoms with Gasteiger partial charge in [0, 0.05) is 18.7 Å². The highest BCUT2D eigenvalue weighted by molar-refractivity contribution is 5.84. The van der Waals surface area contributed by atoms with Gasteiger partial charge in [-0.15, -0.1) is 0 Å². The molecule has 0 aliphatic rings. The fourth-order valence-corrected chi connectivity index (χ4v) is 2.14. The second kappa shape index (κ2) is 6.88. The Morgan fingerprint density at radius 2 is 2.05 bits per heavy atom. The Morgan fingerprint density at radius 1 is 1.33 bits per heavy atom. The zero-order valence-corrected chi connectivity index (χ0v) is 12.6. The molecule has 2 rings (SSSR count). The van der Waals surface area contributed by atoms with Crippen LogP contribution in [-0.4, -0.2) is 33.9 Å². The van der Waals surface area contributed by atoms with Gasteiger partial charge >= 0.3 is 0 Å². The topological polar surface area (TPSA) is 82.7 Å². The van der Waals surface area contributed by atoms with Crippen LogP contribution < -0.4 is 10.6 Å². The van der Waals surface area contributed by atoms with E-state index in [2.05, 4.69) is 26.0 Å². The highest BCUT2D eigenvalue weighted by Crippen LogP contribution is 2.20. The molecule has 1 atom stereocenters. The van der Waals surface area contributed by atoms with Gasteiger partial charge in [0.1, 0.15) is 6.04 Å². The number of hydrogen-bond acceptors (Lipinski definition) is 4. The summed E-state index contributed by atoms with van der Waals surface area (Å²) >= 11 is 0. The molecule has 21 heavy (non-hydrogen) atoms. The number of benzene rings is 1. The van der Waals surface area contributed by atoms with Gasteiger partial charge in [-0.2, -0.15) is 15.4 Å². The summed E-state index contributed by atoms with van der Waals surface area (Å²) in [7, 11) is 0. The van der Waals surface area contributed by atoms with Crippen LogP contribution in [0.2, 0.25) is 0 Å². The Balaban J connectivity index is 1.85. The summed E-state index contributed by atoms with van der Waals surface area (Å²) in [5.41, 5.74) is 4.14. The molecule has 0 saturated heterocycles. The van der Waals surface area contributed by atoms with Gasteiger partial charge in [0.2, 0.25) is 5.91 Å². The molecule has 0 spiro atoms. The maximum Gasteiger partial charge on any atom is 0.242 e. The lowest BCUT2D eigenvalue weighted by Gasteiger charge is -2.18. The lowest BCUT2D eigenvalue weighted by Crippen LogP contribution is -2.38. The van der Waals surface area contributed by atoms with Crippen molar-refractivity contribution in [1.82, 2.24) is 20.7 Å². The molecular weight excluding hydrogens is 266 g/mol. The van der Waals surface area contributed by atoms with Gasteiger partial charge in [-0.1, -0.05) is 18.2 Å². The molecule has 1 aromatic heterocycles. The number of anilines is 1. The molecule has 0 aliphatic carbocycles. The number of nitrogens with zero attached hydrogens (tertiary/aromatic N) is 2. The first kappa shape index (κ1) is 15.0. The van der Waals surface area contributed by atoms with Crippen LogP contribution in [0.25, 0.3) is 0 Å². The number of hydrogen-bond donors (Lipinski definition) is 3. The predicted molar refractivity (Wildman–Crippen MR) is 82.1 cm³/mol. The molecule has 0 fully saturated rings. The van der Waals surface area contributed by atoms with Crippen LogP contribution in [0.3, 0.4) is 0 Å². The number of aromatic amines is 1. The molecule has 1 aromatic carbocycles. The lowest BCUT2D eigenvalue weighted by atomic mass is 10.1. The predicted octanol–water partition coefficient (Wildman–Crippen LogP) is 1.58. The van der Waals surface area contributed by atoms with Gasteiger partial charge in [-0.3, -0.25) is 4.79 Å². The molecular formula is C15H21N5O. The van der Waals surface area contributed by atoms with Crippen molar-refractivity contribution in [2.24, 2.45) is 0 Å². The summed E-state index contributed by atoms with van der Waals surface area (Å²) in [5, 5.41) is 16.4. The standard InChI is InChI=1S/C15H21N5O/c1-10-5-4-6-11(2)14(10)18-12(3)15(21)16-8-7-13-9-17-20-19-13/h4-6,9,12,18H,7-8H2,1-3H3,(H,16,21)(H,17,19,20). The number of aromatic nitrogens is 3. The smallest absolute Gasteiger partial charge is 0.242 e. The molecule has 0 aliphatic heterocycles. The Labute approximate surface area is 124 Å². The van der Waals surface area contributed by atoms with E-state index in [1.165, 1.54) is 0 Å². The fraction of sp³-hybridized carbons (Fsp3) is 0.400. The summed E-state index contributed by atoms with van der Waals surface area (Å²) in [4.78, 5) is 12.1. The number of H-pyrrole nitrogens is 1. The highest BCUT2D eigenvalue weighted by atomic mass is 16.2. The summed E-state index contributed by atoms with van der Waals surface area (Å²) in [6.45, 7) is 6.47. The molecule has 1 unspecified atom stereocenters. The SMILES string of the molecule is Cc1cccc(C)c1NC(C)C(=O)NCCc1cn[nH]n1. The second-order valence-corrected chi connectivity index (χ2v) is 5.14. The van der Waals surface area contributed by atoms with Gasteiger partial charge in [0.05, 0.1) is 11.9 Å². The highest BCUT2D eigenvalue weighted by Gasteiger charge is 2.14. The maximum atomic E-state index is 12.1. The van der Waals surface area contributed by atoms with E-state index in [1.807, 2.05) is 39.0 Å². The molecule has 3 N–H and O–H groups in total. The molecule has 1 amide bonds. The van der Waals surface area contributed by atoms with Crippen LogP contribution in [0.5, 0.6) is 0 Å². The first-order chi connectivity index (χ1) is 10.1. The molecule has 0 radical (unpaired) electrons.